The Labute approximate surface area is 111 Å². The first-order valence-electron chi connectivity index (χ1n) is 6.09. The van der Waals surface area contributed by atoms with Crippen LogP contribution in [0.4, 0.5) is 0 Å². The van der Waals surface area contributed by atoms with Gasteiger partial charge in [-0.1, -0.05) is 66.3 Å². The molecule has 1 aromatic carbocycles. The molecule has 0 bridgehead atoms. The first-order valence-corrected chi connectivity index (χ1v) is 6.91. The fourth-order valence-electron chi connectivity index (χ4n) is 1.54. The maximum atomic E-state index is 4.27. The highest BCUT2D eigenvalue weighted by molar-refractivity contribution is 8.00. The van der Waals surface area contributed by atoms with Crippen LogP contribution in [0.15, 0.2) is 35.7 Å². The van der Waals surface area contributed by atoms with E-state index in [1.807, 2.05) is 11.8 Å². The van der Waals surface area contributed by atoms with E-state index in [9.17, 15) is 0 Å². The van der Waals surface area contributed by atoms with E-state index in [1.165, 1.54) is 16.0 Å². The lowest BCUT2D eigenvalue weighted by atomic mass is 9.83. The van der Waals surface area contributed by atoms with Gasteiger partial charge in [0, 0.05) is 9.64 Å². The number of hydrogen-bond donors (Lipinski definition) is 0. The topological polar surface area (TPSA) is 0 Å². The van der Waals surface area contributed by atoms with Gasteiger partial charge in [-0.25, -0.2) is 0 Å². The van der Waals surface area contributed by atoms with Gasteiger partial charge in [0.25, 0.3) is 0 Å². The fourth-order valence-corrected chi connectivity index (χ4v) is 2.65. The molecule has 0 aliphatic heterocycles. The monoisotopic (exact) mass is 248 g/mol. The third-order valence-electron chi connectivity index (χ3n) is 2.53. The van der Waals surface area contributed by atoms with Crippen LogP contribution in [0, 0.1) is 5.41 Å². The molecule has 0 spiro atoms. The third-order valence-corrected chi connectivity index (χ3v) is 3.72. The van der Waals surface area contributed by atoms with Crippen molar-refractivity contribution >= 4 is 17.3 Å². The van der Waals surface area contributed by atoms with Crippen molar-refractivity contribution in [2.75, 3.05) is 0 Å². The van der Waals surface area contributed by atoms with Gasteiger partial charge in [0.05, 0.1) is 0 Å². The average Bonchev–Trinajstić information content (AvgIpc) is 2.13. The van der Waals surface area contributed by atoms with Crippen LogP contribution in [-0.4, -0.2) is 4.75 Å². The first kappa shape index (κ1) is 14.4. The molecule has 1 heteroatoms. The minimum atomic E-state index is 0.120. The Kier molecular flexibility index (Phi) is 4.14. The van der Waals surface area contributed by atoms with Gasteiger partial charge in [-0.2, -0.15) is 0 Å². The first-order chi connectivity index (χ1) is 7.61. The lowest BCUT2D eigenvalue weighted by Crippen LogP contribution is -2.11. The molecule has 0 N–H and O–H groups in total. The van der Waals surface area contributed by atoms with Crippen molar-refractivity contribution in [3.8, 4) is 0 Å². The van der Waals surface area contributed by atoms with E-state index < -0.39 is 0 Å². The summed E-state index contributed by atoms with van der Waals surface area (Å²) in [6, 6.07) is 8.58. The highest BCUT2D eigenvalue weighted by atomic mass is 32.2. The van der Waals surface area contributed by atoms with Crippen molar-refractivity contribution in [3.63, 3.8) is 0 Å². The minimum absolute atomic E-state index is 0.120. The zero-order chi connectivity index (χ0) is 13.3. The molecule has 0 saturated heterocycles. The summed E-state index contributed by atoms with van der Waals surface area (Å²) in [6.45, 7) is 17.7. The van der Waals surface area contributed by atoms with E-state index >= 15 is 0 Å². The zero-order valence-corrected chi connectivity index (χ0v) is 12.7. The summed E-state index contributed by atoms with van der Waals surface area (Å²) in [7, 11) is 0. The van der Waals surface area contributed by atoms with Crippen molar-refractivity contribution in [2.24, 2.45) is 5.41 Å². The summed E-state index contributed by atoms with van der Waals surface area (Å²) in [5, 5.41) is 0. The number of rotatable bonds is 2. The molecule has 94 valence electrons. The molecule has 0 unspecified atom stereocenters. The molecule has 0 amide bonds. The van der Waals surface area contributed by atoms with E-state index in [0.717, 1.165) is 0 Å². The van der Waals surface area contributed by atoms with Crippen LogP contribution in [0.5, 0.6) is 0 Å². The van der Waals surface area contributed by atoms with Crippen LogP contribution in [0.3, 0.4) is 0 Å². The Balaban J connectivity index is 3.13. The fraction of sp³-hybridized carbons (Fsp3) is 0.500. The molecule has 0 nitrogen and oxygen atoms in total. The van der Waals surface area contributed by atoms with E-state index in [4.69, 9.17) is 0 Å². The van der Waals surface area contributed by atoms with Crippen LogP contribution < -0.4 is 0 Å². The van der Waals surface area contributed by atoms with Crippen molar-refractivity contribution in [2.45, 2.75) is 51.2 Å². The normalized spacial score (nSPS) is 12.6. The summed E-state index contributed by atoms with van der Waals surface area (Å²) < 4.78 is 0.230. The smallest absolute Gasteiger partial charge is 0.0153 e. The van der Waals surface area contributed by atoms with Gasteiger partial charge in [-0.15, -0.1) is 11.8 Å². The van der Waals surface area contributed by atoms with Gasteiger partial charge in [-0.05, 0) is 22.6 Å². The Morgan fingerprint density at radius 3 is 2.00 bits per heavy atom. The van der Waals surface area contributed by atoms with Crippen molar-refractivity contribution in [3.05, 3.63) is 36.4 Å². The van der Waals surface area contributed by atoms with Crippen molar-refractivity contribution in [1.29, 1.82) is 0 Å². The van der Waals surface area contributed by atoms with E-state index in [2.05, 4.69) is 72.4 Å². The molecule has 0 heterocycles. The predicted octanol–water partition coefficient (Wildman–Crippen LogP) is 5.64. The maximum Gasteiger partial charge on any atom is 0.0153 e. The minimum Gasteiger partial charge on any atom is -0.120 e. The SMILES string of the molecule is C=C(c1ccccc1SC(C)(C)C)C(C)(C)C. The highest BCUT2D eigenvalue weighted by Crippen LogP contribution is 2.41. The van der Waals surface area contributed by atoms with E-state index in [-0.39, 0.29) is 10.2 Å². The van der Waals surface area contributed by atoms with Gasteiger partial charge in [-0.3, -0.25) is 0 Å². The largest absolute Gasteiger partial charge is 0.120 e. The Hall–Kier alpha value is -0.690. The molecule has 1 aromatic rings. The molecule has 0 atom stereocenters. The molecular formula is C16H24S. The number of allylic oxidation sites excluding steroid dienone is 1. The third kappa shape index (κ3) is 4.23. The van der Waals surface area contributed by atoms with Crippen LogP contribution in [0.1, 0.15) is 47.1 Å². The Morgan fingerprint density at radius 2 is 1.53 bits per heavy atom. The van der Waals surface area contributed by atoms with Crippen LogP contribution in [-0.2, 0) is 0 Å². The van der Waals surface area contributed by atoms with E-state index in [0.29, 0.717) is 0 Å². The predicted molar refractivity (Wildman–Crippen MR) is 80.5 cm³/mol. The second kappa shape index (κ2) is 4.89. The summed E-state index contributed by atoms with van der Waals surface area (Å²) in [4.78, 5) is 1.33. The van der Waals surface area contributed by atoms with E-state index in [1.54, 1.807) is 0 Å². The molecular weight excluding hydrogens is 224 g/mol. The quantitative estimate of drug-likeness (QED) is 0.611. The summed E-state index contributed by atoms with van der Waals surface area (Å²) in [6.07, 6.45) is 0. The standard InChI is InChI=1S/C16H24S/c1-12(15(2,3)4)13-10-8-9-11-14(13)17-16(5,6)7/h8-11H,1H2,2-7H3. The summed E-state index contributed by atoms with van der Waals surface area (Å²) in [5.41, 5.74) is 2.62. The van der Waals surface area contributed by atoms with Crippen LogP contribution >= 0.6 is 11.8 Å². The van der Waals surface area contributed by atoms with Crippen molar-refractivity contribution < 1.29 is 0 Å². The maximum absolute atomic E-state index is 4.27. The molecule has 1 rings (SSSR count). The van der Waals surface area contributed by atoms with Crippen LogP contribution in [0.2, 0.25) is 0 Å². The molecule has 0 aliphatic rings. The van der Waals surface area contributed by atoms with Gasteiger partial charge in [0.1, 0.15) is 0 Å². The average molecular weight is 248 g/mol. The number of thioether (sulfide) groups is 1. The van der Waals surface area contributed by atoms with Gasteiger partial charge in [0.2, 0.25) is 0 Å². The number of hydrogen-bond acceptors (Lipinski definition) is 1. The molecule has 0 fully saturated rings. The second-order valence-electron chi connectivity index (χ2n) is 6.44. The lowest BCUT2D eigenvalue weighted by Gasteiger charge is -2.26. The second-order valence-corrected chi connectivity index (χ2v) is 8.31. The zero-order valence-electron chi connectivity index (χ0n) is 11.9. The molecule has 0 aromatic heterocycles. The Morgan fingerprint density at radius 1 is 1.00 bits per heavy atom. The van der Waals surface area contributed by atoms with Gasteiger partial charge in [0.15, 0.2) is 0 Å². The van der Waals surface area contributed by atoms with Gasteiger partial charge < -0.3 is 0 Å². The summed E-state index contributed by atoms with van der Waals surface area (Å²) >= 11 is 1.91. The number of benzene rings is 1. The van der Waals surface area contributed by atoms with Gasteiger partial charge >= 0.3 is 0 Å². The van der Waals surface area contributed by atoms with Crippen molar-refractivity contribution in [1.82, 2.24) is 0 Å². The molecule has 0 radical (unpaired) electrons. The van der Waals surface area contributed by atoms with Crippen LogP contribution in [0.25, 0.3) is 5.57 Å². The highest BCUT2D eigenvalue weighted by Gasteiger charge is 2.21. The molecule has 17 heavy (non-hydrogen) atoms. The summed E-state index contributed by atoms with van der Waals surface area (Å²) in [5.74, 6) is 0. The molecule has 0 aliphatic carbocycles. The lowest BCUT2D eigenvalue weighted by molar-refractivity contribution is 0.567. The molecule has 0 saturated carbocycles. The Bertz CT molecular complexity index is 402.